The van der Waals surface area contributed by atoms with Gasteiger partial charge < -0.3 is 45.9 Å². The topological polar surface area (TPSA) is 158 Å². The highest BCUT2D eigenvalue weighted by Gasteiger charge is 2.21. The minimum Gasteiger partial charge on any atom is -0.507 e. The average Bonchev–Trinajstić information content (AvgIpc) is 3.15. The fourth-order valence-corrected chi connectivity index (χ4v) is 6.17. The highest BCUT2D eigenvalue weighted by molar-refractivity contribution is 6.08. The Bertz CT molecular complexity index is 2130. The lowest BCUT2D eigenvalue weighted by Gasteiger charge is -2.26. The maximum absolute atomic E-state index is 13.4. The molecule has 13 heteroatoms. The predicted molar refractivity (Wildman–Crippen MR) is 213 cm³/mol. The van der Waals surface area contributed by atoms with Gasteiger partial charge in [0.15, 0.2) is 5.75 Å². The number of ether oxygens (including phenoxy) is 3. The Hall–Kier alpha value is -6.05. The third-order valence-corrected chi connectivity index (χ3v) is 9.10. The fourth-order valence-electron chi connectivity index (χ4n) is 6.17. The highest BCUT2D eigenvalue weighted by atomic mass is 16.5. The van der Waals surface area contributed by atoms with Gasteiger partial charge in [-0.05, 0) is 53.4 Å². The number of carbonyl (C=O) groups is 2. The van der Waals surface area contributed by atoms with Crippen molar-refractivity contribution >= 4 is 51.3 Å². The van der Waals surface area contributed by atoms with Crippen molar-refractivity contribution in [2.24, 2.45) is 0 Å². The molecule has 5 aromatic rings. The van der Waals surface area contributed by atoms with E-state index in [1.165, 1.54) is 6.07 Å². The van der Waals surface area contributed by atoms with E-state index < -0.39 is 6.03 Å². The molecule has 0 aliphatic carbocycles. The van der Waals surface area contributed by atoms with Crippen LogP contribution in [-0.4, -0.2) is 80.5 Å². The van der Waals surface area contributed by atoms with E-state index >= 15 is 0 Å². The number of amides is 3. The number of phenolic OH excluding ortho intramolecular Hbond substituents is 1. The summed E-state index contributed by atoms with van der Waals surface area (Å²) >= 11 is 0. The van der Waals surface area contributed by atoms with Crippen LogP contribution >= 0.6 is 0 Å². The molecule has 1 saturated heterocycles. The third-order valence-electron chi connectivity index (χ3n) is 9.10. The van der Waals surface area contributed by atoms with Crippen LogP contribution in [0.1, 0.15) is 36.7 Å². The van der Waals surface area contributed by atoms with E-state index in [9.17, 15) is 14.7 Å². The molecule has 0 saturated carbocycles. The van der Waals surface area contributed by atoms with Gasteiger partial charge in [-0.3, -0.25) is 9.69 Å². The number of aromatic nitrogens is 1. The molecule has 1 aromatic heterocycles. The Labute approximate surface area is 315 Å². The monoisotopic (exact) mass is 733 g/mol. The third kappa shape index (κ3) is 9.11. The van der Waals surface area contributed by atoms with Crippen LogP contribution < -0.4 is 36.1 Å². The molecule has 0 bridgehead atoms. The van der Waals surface area contributed by atoms with E-state index in [2.05, 4.69) is 57.2 Å². The lowest BCUT2D eigenvalue weighted by atomic mass is 9.86. The number of morpholine rings is 1. The Balaban J connectivity index is 1.12. The van der Waals surface area contributed by atoms with Crippen LogP contribution in [0.3, 0.4) is 0 Å². The molecule has 0 unspecified atom stereocenters. The van der Waals surface area contributed by atoms with Gasteiger partial charge in [-0.25, -0.2) is 9.78 Å². The van der Waals surface area contributed by atoms with Gasteiger partial charge in [0, 0.05) is 68.0 Å². The summed E-state index contributed by atoms with van der Waals surface area (Å²) in [6.07, 6.45) is 1.61. The first-order chi connectivity index (χ1) is 26.0. The molecular weight excluding hydrogens is 686 g/mol. The van der Waals surface area contributed by atoms with Crippen LogP contribution in [-0.2, 0) is 10.2 Å². The summed E-state index contributed by atoms with van der Waals surface area (Å²) in [4.78, 5) is 32.8. The molecule has 54 heavy (non-hydrogen) atoms. The van der Waals surface area contributed by atoms with Crippen molar-refractivity contribution in [1.82, 2.24) is 15.2 Å². The Kier molecular flexibility index (Phi) is 11.7. The number of benzene rings is 4. The zero-order valence-electron chi connectivity index (χ0n) is 31.2. The number of rotatable bonds is 12. The second kappa shape index (κ2) is 16.7. The van der Waals surface area contributed by atoms with Gasteiger partial charge in [0.1, 0.15) is 23.1 Å². The van der Waals surface area contributed by atoms with E-state index in [0.717, 1.165) is 41.7 Å². The van der Waals surface area contributed by atoms with Crippen molar-refractivity contribution in [2.75, 3.05) is 74.8 Å². The summed E-state index contributed by atoms with van der Waals surface area (Å²) in [5.41, 5.74) is 3.54. The van der Waals surface area contributed by atoms with Crippen molar-refractivity contribution in [3.63, 3.8) is 0 Å². The fraction of sp³-hybridized carbons (Fsp3) is 0.293. The maximum atomic E-state index is 13.4. The quantitative estimate of drug-likeness (QED) is 0.0757. The molecule has 282 valence electrons. The molecule has 1 aliphatic rings. The lowest BCUT2D eigenvalue weighted by Crippen LogP contribution is -2.41. The lowest BCUT2D eigenvalue weighted by molar-refractivity contribution is 0.0383. The number of urea groups is 1. The van der Waals surface area contributed by atoms with Gasteiger partial charge in [0.05, 0.1) is 42.9 Å². The van der Waals surface area contributed by atoms with Gasteiger partial charge in [0.2, 0.25) is 0 Å². The van der Waals surface area contributed by atoms with Gasteiger partial charge >= 0.3 is 6.03 Å². The standard InChI is InChI=1S/C41H47N7O6/c1-41(2,3)26-22-33(42-4)38(52-5)34(23-26)47-40(51)46-32-12-13-36(30-9-7-6-8-29(30)32)54-28-14-15-43-37(25-28)45-27-10-11-31(35(49)24-27)39(50)44-16-17-48-18-20-53-21-19-48/h6-15,22-25,42,49H,16-21H2,1-5H3,(H,43,45)(H,44,50)(H2,46,47,51). The van der Waals surface area contributed by atoms with Crippen LogP contribution in [0.2, 0.25) is 0 Å². The summed E-state index contributed by atoms with van der Waals surface area (Å²) in [5, 5.41) is 27.4. The van der Waals surface area contributed by atoms with Crippen LogP contribution in [0, 0.1) is 0 Å². The van der Waals surface area contributed by atoms with Gasteiger partial charge in [-0.2, -0.15) is 0 Å². The number of hydrogen-bond acceptors (Lipinski definition) is 10. The van der Waals surface area contributed by atoms with Crippen LogP contribution in [0.25, 0.3) is 10.8 Å². The number of phenols is 1. The zero-order chi connectivity index (χ0) is 38.2. The van der Waals surface area contributed by atoms with Crippen molar-refractivity contribution < 1.29 is 28.9 Å². The first-order valence-corrected chi connectivity index (χ1v) is 17.8. The van der Waals surface area contributed by atoms with Gasteiger partial charge in [-0.15, -0.1) is 0 Å². The summed E-state index contributed by atoms with van der Waals surface area (Å²) in [7, 11) is 3.39. The Morgan fingerprint density at radius 3 is 2.37 bits per heavy atom. The number of nitrogens with zero attached hydrogens (tertiary/aromatic N) is 2. The number of hydrogen-bond donors (Lipinski definition) is 6. The zero-order valence-corrected chi connectivity index (χ0v) is 31.2. The number of anilines is 5. The van der Waals surface area contributed by atoms with Crippen LogP contribution in [0.4, 0.5) is 33.4 Å². The second-order valence-corrected chi connectivity index (χ2v) is 13.9. The van der Waals surface area contributed by atoms with Crippen molar-refractivity contribution in [2.45, 2.75) is 26.2 Å². The van der Waals surface area contributed by atoms with Gasteiger partial charge in [-0.1, -0.05) is 45.0 Å². The molecule has 2 heterocycles. The van der Waals surface area contributed by atoms with Crippen molar-refractivity contribution in [1.29, 1.82) is 0 Å². The predicted octanol–water partition coefficient (Wildman–Crippen LogP) is 7.53. The minimum atomic E-state index is -0.423. The average molecular weight is 734 g/mol. The SMILES string of the molecule is CNc1cc(C(C)(C)C)cc(NC(=O)Nc2ccc(Oc3ccnc(Nc4ccc(C(=O)NCCN5CCOCC5)c(O)c4)c3)c3ccccc23)c1OC. The maximum Gasteiger partial charge on any atom is 0.323 e. The van der Waals surface area contributed by atoms with Crippen molar-refractivity contribution in [3.8, 4) is 23.0 Å². The van der Waals surface area contributed by atoms with Gasteiger partial charge in [0.25, 0.3) is 5.91 Å². The van der Waals surface area contributed by atoms with Crippen LogP contribution in [0.5, 0.6) is 23.0 Å². The number of aromatic hydroxyl groups is 1. The molecule has 0 atom stereocenters. The molecule has 6 rings (SSSR count). The molecular formula is C41H47N7O6. The number of methoxy groups -OCH3 is 1. The molecule has 13 nitrogen and oxygen atoms in total. The summed E-state index contributed by atoms with van der Waals surface area (Å²) in [6.45, 7) is 10.6. The Morgan fingerprint density at radius 2 is 1.65 bits per heavy atom. The molecule has 0 spiro atoms. The van der Waals surface area contributed by atoms with E-state index in [-0.39, 0.29) is 22.6 Å². The minimum absolute atomic E-state index is 0.148. The van der Waals surface area contributed by atoms with E-state index in [4.69, 9.17) is 14.2 Å². The molecule has 3 amide bonds. The summed E-state index contributed by atoms with van der Waals surface area (Å²) in [5.74, 6) is 1.61. The van der Waals surface area contributed by atoms with E-state index in [1.54, 1.807) is 49.7 Å². The number of fused-ring (bicyclic) bond motifs is 1. The first-order valence-electron chi connectivity index (χ1n) is 17.8. The number of carbonyl (C=O) groups excluding carboxylic acids is 2. The second-order valence-electron chi connectivity index (χ2n) is 13.9. The highest BCUT2D eigenvalue weighted by Crippen LogP contribution is 2.39. The van der Waals surface area contributed by atoms with E-state index in [1.807, 2.05) is 43.4 Å². The summed E-state index contributed by atoms with van der Waals surface area (Å²) in [6, 6.07) is 23.0. The Morgan fingerprint density at radius 1 is 0.907 bits per heavy atom. The smallest absolute Gasteiger partial charge is 0.323 e. The normalized spacial score (nSPS) is 13.2. The molecule has 1 aliphatic heterocycles. The molecule has 0 radical (unpaired) electrons. The van der Waals surface area contributed by atoms with Crippen LogP contribution in [0.15, 0.2) is 85.1 Å². The number of pyridine rings is 1. The molecule has 4 aromatic carbocycles. The molecule has 6 N–H and O–H groups in total. The first kappa shape index (κ1) is 37.7. The van der Waals surface area contributed by atoms with E-state index in [0.29, 0.717) is 59.9 Å². The van der Waals surface area contributed by atoms with Crippen molar-refractivity contribution in [3.05, 3.63) is 96.2 Å². The largest absolute Gasteiger partial charge is 0.507 e. The number of nitrogens with one attached hydrogen (secondary N) is 5. The summed E-state index contributed by atoms with van der Waals surface area (Å²) < 4.78 is 17.4. The molecule has 1 fully saturated rings.